The minimum atomic E-state index is -1.06. The van der Waals surface area contributed by atoms with Crippen LogP contribution < -0.4 is 22.1 Å². The Morgan fingerprint density at radius 1 is 0.667 bits per heavy atom. The summed E-state index contributed by atoms with van der Waals surface area (Å²) in [4.78, 5) is 47.7. The molecule has 0 aliphatic heterocycles. The topological polar surface area (TPSA) is 165 Å². The van der Waals surface area contributed by atoms with Gasteiger partial charge in [-0.15, -0.1) is 0 Å². The second-order valence-electron chi connectivity index (χ2n) is 9.79. The molecule has 3 amide bonds. The minimum Gasteiger partial charge on any atom is -0.481 e. The molecule has 0 aliphatic rings. The summed E-state index contributed by atoms with van der Waals surface area (Å²) in [5, 5.41) is 14.2. The van der Waals surface area contributed by atoms with Crippen molar-refractivity contribution in [3.63, 3.8) is 0 Å². The molecule has 0 saturated carbocycles. The molecule has 9 heteroatoms. The van der Waals surface area contributed by atoms with Crippen LogP contribution in [0.1, 0.15) is 129 Å². The predicted octanol–water partition coefficient (Wildman–Crippen LogP) is 3.92. The van der Waals surface area contributed by atoms with E-state index >= 15 is 0 Å². The average Bonchev–Trinajstić information content (AvgIpc) is 2.83. The fraction of sp³-hybridized carbons (Fsp3) is 0.852. The van der Waals surface area contributed by atoms with E-state index in [0.717, 1.165) is 19.3 Å². The number of nitrogens with two attached hydrogens (primary N) is 2. The molecule has 0 aromatic heterocycles. The lowest BCUT2D eigenvalue weighted by atomic mass is 10.0. The minimum absolute atomic E-state index is 0.0558. The van der Waals surface area contributed by atoms with Crippen LogP contribution in [0.4, 0.5) is 0 Å². The van der Waals surface area contributed by atoms with Crippen molar-refractivity contribution in [2.75, 3.05) is 6.54 Å². The van der Waals surface area contributed by atoms with Gasteiger partial charge in [0.05, 0.1) is 0 Å². The molecule has 210 valence electrons. The Morgan fingerprint density at radius 3 is 1.67 bits per heavy atom. The van der Waals surface area contributed by atoms with Crippen molar-refractivity contribution in [2.24, 2.45) is 11.5 Å². The van der Waals surface area contributed by atoms with Crippen molar-refractivity contribution < 1.29 is 24.3 Å². The third kappa shape index (κ3) is 20.1. The van der Waals surface area contributed by atoms with Gasteiger partial charge in [-0.25, -0.2) is 0 Å². The molecule has 0 spiro atoms. The molecule has 36 heavy (non-hydrogen) atoms. The van der Waals surface area contributed by atoms with E-state index in [0.29, 0.717) is 25.8 Å². The summed E-state index contributed by atoms with van der Waals surface area (Å²) in [7, 11) is 0. The van der Waals surface area contributed by atoms with Crippen LogP contribution in [0.5, 0.6) is 0 Å². The Bertz CT molecular complexity index is 615. The lowest BCUT2D eigenvalue weighted by Gasteiger charge is -2.21. The number of amides is 3. The van der Waals surface area contributed by atoms with Gasteiger partial charge in [-0.2, -0.15) is 0 Å². The first-order valence-corrected chi connectivity index (χ1v) is 14.1. The van der Waals surface area contributed by atoms with Crippen molar-refractivity contribution >= 4 is 23.7 Å². The maximum absolute atomic E-state index is 12.7. The highest BCUT2D eigenvalue weighted by molar-refractivity contribution is 5.91. The van der Waals surface area contributed by atoms with Gasteiger partial charge in [0.1, 0.15) is 12.1 Å². The van der Waals surface area contributed by atoms with Gasteiger partial charge in [-0.05, 0) is 38.6 Å². The first-order valence-electron chi connectivity index (χ1n) is 14.1. The number of hydrogen-bond acceptors (Lipinski definition) is 5. The number of hydrogen-bond donors (Lipinski definition) is 5. The van der Waals surface area contributed by atoms with Gasteiger partial charge in [0.2, 0.25) is 17.7 Å². The molecule has 0 aromatic carbocycles. The van der Waals surface area contributed by atoms with E-state index in [2.05, 4.69) is 17.6 Å². The van der Waals surface area contributed by atoms with E-state index < -0.39 is 29.9 Å². The highest BCUT2D eigenvalue weighted by Crippen LogP contribution is 2.13. The summed E-state index contributed by atoms with van der Waals surface area (Å²) in [6.45, 7) is 2.70. The van der Waals surface area contributed by atoms with E-state index in [4.69, 9.17) is 16.6 Å². The van der Waals surface area contributed by atoms with Crippen LogP contribution in [-0.2, 0) is 19.2 Å². The number of unbranched alkanes of at least 4 members (excludes halogenated alkanes) is 13. The number of carboxylic acids is 1. The number of carboxylic acid groups (broad SMARTS) is 1. The molecule has 0 saturated heterocycles. The Morgan fingerprint density at radius 2 is 1.19 bits per heavy atom. The van der Waals surface area contributed by atoms with Gasteiger partial charge >= 0.3 is 5.97 Å². The second-order valence-corrected chi connectivity index (χ2v) is 9.79. The van der Waals surface area contributed by atoms with E-state index in [1.54, 1.807) is 0 Å². The van der Waals surface area contributed by atoms with Gasteiger partial charge in [-0.3, -0.25) is 19.2 Å². The highest BCUT2D eigenvalue weighted by atomic mass is 16.4. The molecular formula is C27H52N4O5. The molecule has 7 N–H and O–H groups in total. The standard InChI is InChI=1S/C27H52N4O5/c1-2-3-4-5-6-7-8-9-10-11-12-13-14-18-24(32)30-23(19-20-25(33)34)27(36)31-22(26(29)35)17-15-16-21-28/h22-23H,2-21,28H2,1H3,(H2,29,35)(H,30,32)(H,31,36)(H,33,34)/t22-,23-/m0/s1. The molecule has 0 unspecified atom stereocenters. The van der Waals surface area contributed by atoms with Crippen LogP contribution in [0.3, 0.4) is 0 Å². The summed E-state index contributed by atoms with van der Waals surface area (Å²) in [6.07, 6.45) is 17.3. The lowest BCUT2D eigenvalue weighted by molar-refractivity contribution is -0.138. The van der Waals surface area contributed by atoms with Crippen molar-refractivity contribution in [1.82, 2.24) is 10.6 Å². The quantitative estimate of drug-likeness (QED) is 0.116. The van der Waals surface area contributed by atoms with Gasteiger partial charge in [0, 0.05) is 12.8 Å². The van der Waals surface area contributed by atoms with Crippen molar-refractivity contribution in [3.05, 3.63) is 0 Å². The first kappa shape index (κ1) is 33.8. The molecule has 9 nitrogen and oxygen atoms in total. The fourth-order valence-electron chi connectivity index (χ4n) is 4.16. The average molecular weight is 513 g/mol. The van der Waals surface area contributed by atoms with Gasteiger partial charge < -0.3 is 27.2 Å². The van der Waals surface area contributed by atoms with Gasteiger partial charge in [0.25, 0.3) is 0 Å². The van der Waals surface area contributed by atoms with Gasteiger partial charge in [-0.1, -0.05) is 84.0 Å². The van der Waals surface area contributed by atoms with E-state index in [1.807, 2.05) is 0 Å². The third-order valence-corrected chi connectivity index (χ3v) is 6.41. The summed E-state index contributed by atoms with van der Waals surface area (Å²) < 4.78 is 0. The predicted molar refractivity (Wildman–Crippen MR) is 143 cm³/mol. The molecule has 0 fully saturated rings. The van der Waals surface area contributed by atoms with Crippen molar-refractivity contribution in [2.45, 2.75) is 141 Å². The molecule has 0 aliphatic carbocycles. The number of rotatable bonds is 25. The van der Waals surface area contributed by atoms with E-state index in [-0.39, 0.29) is 25.2 Å². The summed E-state index contributed by atoms with van der Waals surface area (Å²) in [5.74, 6) is -2.61. The Hall–Kier alpha value is -2.16. The molecule has 0 radical (unpaired) electrons. The zero-order valence-electron chi connectivity index (χ0n) is 22.5. The normalized spacial score (nSPS) is 12.6. The Kier molecular flexibility index (Phi) is 21.9. The van der Waals surface area contributed by atoms with E-state index in [1.165, 1.54) is 64.2 Å². The summed E-state index contributed by atoms with van der Waals surface area (Å²) in [5.41, 5.74) is 10.9. The monoisotopic (exact) mass is 512 g/mol. The van der Waals surface area contributed by atoms with Crippen LogP contribution in [0, 0.1) is 0 Å². The van der Waals surface area contributed by atoms with Crippen molar-refractivity contribution in [3.8, 4) is 0 Å². The SMILES string of the molecule is CCCCCCCCCCCCCCCC(=O)N[C@@H](CCC(=O)O)C(=O)N[C@@H](CCCCN)C(N)=O. The molecular weight excluding hydrogens is 460 g/mol. The molecule has 0 rings (SSSR count). The maximum Gasteiger partial charge on any atom is 0.303 e. The number of primary amides is 1. The zero-order chi connectivity index (χ0) is 27.0. The third-order valence-electron chi connectivity index (χ3n) is 6.41. The smallest absolute Gasteiger partial charge is 0.303 e. The second kappa shape index (κ2) is 23.3. The molecule has 0 aromatic rings. The first-order chi connectivity index (χ1) is 17.3. The van der Waals surface area contributed by atoms with Gasteiger partial charge in [0.15, 0.2) is 0 Å². The van der Waals surface area contributed by atoms with E-state index in [9.17, 15) is 19.2 Å². The largest absolute Gasteiger partial charge is 0.481 e. The van der Waals surface area contributed by atoms with Crippen LogP contribution in [0.15, 0.2) is 0 Å². The Labute approximate surface area is 217 Å². The molecule has 2 atom stereocenters. The Balaban J connectivity index is 4.24. The summed E-state index contributed by atoms with van der Waals surface area (Å²) in [6, 6.07) is -1.90. The number of carbonyl (C=O) groups excluding carboxylic acids is 3. The summed E-state index contributed by atoms with van der Waals surface area (Å²) >= 11 is 0. The fourth-order valence-corrected chi connectivity index (χ4v) is 4.16. The van der Waals surface area contributed by atoms with Crippen LogP contribution >= 0.6 is 0 Å². The molecule has 0 bridgehead atoms. The van der Waals surface area contributed by atoms with Crippen molar-refractivity contribution in [1.29, 1.82) is 0 Å². The highest BCUT2D eigenvalue weighted by Gasteiger charge is 2.25. The van der Waals surface area contributed by atoms with Crippen LogP contribution in [0.2, 0.25) is 0 Å². The maximum atomic E-state index is 12.7. The number of aliphatic carboxylic acids is 1. The number of carbonyl (C=O) groups is 4. The van der Waals surface area contributed by atoms with Crippen LogP contribution in [-0.4, -0.2) is 47.4 Å². The zero-order valence-corrected chi connectivity index (χ0v) is 22.5. The number of nitrogens with one attached hydrogen (secondary N) is 2. The van der Waals surface area contributed by atoms with Crippen LogP contribution in [0.25, 0.3) is 0 Å². The lowest BCUT2D eigenvalue weighted by Crippen LogP contribution is -2.53. The molecule has 0 heterocycles.